The predicted octanol–water partition coefficient (Wildman–Crippen LogP) is 2.17. The standard InChI is InChI=1S/C15H27ClN4O/c1-5-13-11(6-9-21-13)14(17-2)15-12(16)10-18-20(15)8-7-19(3)4/h10-11,13-14,17H,5-9H2,1-4H3. The van der Waals surface area contributed by atoms with Crippen LogP contribution in [0.3, 0.4) is 0 Å². The third-order valence-corrected chi connectivity index (χ3v) is 4.58. The van der Waals surface area contributed by atoms with Crippen molar-refractivity contribution in [1.29, 1.82) is 0 Å². The number of halogens is 1. The summed E-state index contributed by atoms with van der Waals surface area (Å²) in [5.41, 5.74) is 1.09. The average molecular weight is 315 g/mol. The number of nitrogens with zero attached hydrogens (tertiary/aromatic N) is 3. The maximum absolute atomic E-state index is 6.43. The molecule has 1 aliphatic rings. The van der Waals surface area contributed by atoms with Crippen molar-refractivity contribution >= 4 is 11.6 Å². The Morgan fingerprint density at radius 3 is 2.95 bits per heavy atom. The van der Waals surface area contributed by atoms with E-state index in [9.17, 15) is 0 Å². The minimum absolute atomic E-state index is 0.189. The van der Waals surface area contributed by atoms with Crippen LogP contribution in [-0.4, -0.2) is 55.1 Å². The highest BCUT2D eigenvalue weighted by Crippen LogP contribution is 2.37. The molecule has 1 aliphatic heterocycles. The zero-order valence-corrected chi connectivity index (χ0v) is 14.2. The van der Waals surface area contributed by atoms with Gasteiger partial charge >= 0.3 is 0 Å². The van der Waals surface area contributed by atoms with E-state index in [1.807, 2.05) is 11.7 Å². The molecule has 2 heterocycles. The SMILES string of the molecule is CCC1OCCC1C(NC)c1c(Cl)cnn1CCN(C)C. The van der Waals surface area contributed by atoms with Gasteiger partial charge in [0.15, 0.2) is 0 Å². The van der Waals surface area contributed by atoms with Crippen molar-refractivity contribution in [3.05, 3.63) is 16.9 Å². The second kappa shape index (κ2) is 7.58. The second-order valence-electron chi connectivity index (χ2n) is 5.94. The number of rotatable bonds is 7. The monoisotopic (exact) mass is 314 g/mol. The van der Waals surface area contributed by atoms with E-state index < -0.39 is 0 Å². The Balaban J connectivity index is 2.22. The molecule has 3 atom stereocenters. The fourth-order valence-electron chi connectivity index (χ4n) is 3.17. The largest absolute Gasteiger partial charge is 0.378 e. The van der Waals surface area contributed by atoms with E-state index in [2.05, 4.69) is 36.3 Å². The van der Waals surface area contributed by atoms with Gasteiger partial charge in [-0.25, -0.2) is 0 Å². The lowest BCUT2D eigenvalue weighted by Crippen LogP contribution is -2.33. The lowest BCUT2D eigenvalue weighted by Gasteiger charge is -2.28. The molecule has 2 rings (SSSR count). The van der Waals surface area contributed by atoms with Crippen molar-refractivity contribution in [3.63, 3.8) is 0 Å². The molecule has 0 spiro atoms. The molecule has 1 fully saturated rings. The van der Waals surface area contributed by atoms with E-state index in [1.165, 1.54) is 0 Å². The number of hydrogen-bond donors (Lipinski definition) is 1. The van der Waals surface area contributed by atoms with E-state index in [0.717, 1.165) is 43.3 Å². The average Bonchev–Trinajstić information content (AvgIpc) is 3.06. The summed E-state index contributed by atoms with van der Waals surface area (Å²) >= 11 is 6.43. The van der Waals surface area contributed by atoms with Gasteiger partial charge < -0.3 is 15.0 Å². The molecule has 1 aromatic heterocycles. The maximum Gasteiger partial charge on any atom is 0.0834 e. The molecule has 0 aromatic carbocycles. The van der Waals surface area contributed by atoms with E-state index in [4.69, 9.17) is 16.3 Å². The molecule has 0 radical (unpaired) electrons. The molecule has 0 amide bonds. The zero-order chi connectivity index (χ0) is 15.4. The molecule has 5 nitrogen and oxygen atoms in total. The van der Waals surface area contributed by atoms with E-state index >= 15 is 0 Å². The maximum atomic E-state index is 6.43. The van der Waals surface area contributed by atoms with Gasteiger partial charge in [0.25, 0.3) is 0 Å². The van der Waals surface area contributed by atoms with Crippen molar-refractivity contribution in [1.82, 2.24) is 20.0 Å². The Labute approximate surface area is 132 Å². The highest BCUT2D eigenvalue weighted by molar-refractivity contribution is 6.31. The van der Waals surface area contributed by atoms with Gasteiger partial charge in [-0.15, -0.1) is 0 Å². The first-order valence-corrected chi connectivity index (χ1v) is 8.11. The lowest BCUT2D eigenvalue weighted by molar-refractivity contribution is 0.0772. The minimum Gasteiger partial charge on any atom is -0.378 e. The van der Waals surface area contributed by atoms with Crippen molar-refractivity contribution < 1.29 is 4.74 Å². The molecule has 0 aliphatic carbocycles. The molecule has 1 aromatic rings. The minimum atomic E-state index is 0.189. The van der Waals surface area contributed by atoms with Crippen LogP contribution in [0.15, 0.2) is 6.20 Å². The molecule has 1 N–H and O–H groups in total. The second-order valence-corrected chi connectivity index (χ2v) is 6.35. The quantitative estimate of drug-likeness (QED) is 0.837. The van der Waals surface area contributed by atoms with Crippen LogP contribution in [0.1, 0.15) is 31.5 Å². The summed E-state index contributed by atoms with van der Waals surface area (Å²) in [6.45, 7) is 4.81. The van der Waals surface area contributed by atoms with Gasteiger partial charge in [0, 0.05) is 19.1 Å². The molecular weight excluding hydrogens is 288 g/mol. The fraction of sp³-hybridized carbons (Fsp3) is 0.800. The van der Waals surface area contributed by atoms with Crippen LogP contribution in [0, 0.1) is 5.92 Å². The Morgan fingerprint density at radius 1 is 1.57 bits per heavy atom. The van der Waals surface area contributed by atoms with Crippen LogP contribution >= 0.6 is 11.6 Å². The predicted molar refractivity (Wildman–Crippen MR) is 85.7 cm³/mol. The fourth-order valence-corrected chi connectivity index (χ4v) is 3.43. The van der Waals surface area contributed by atoms with Gasteiger partial charge in [-0.3, -0.25) is 4.68 Å². The van der Waals surface area contributed by atoms with Gasteiger partial charge in [-0.05, 0) is 34.0 Å². The van der Waals surface area contributed by atoms with Crippen LogP contribution in [0.2, 0.25) is 5.02 Å². The van der Waals surface area contributed by atoms with Crippen molar-refractivity contribution in [2.45, 2.75) is 38.5 Å². The molecule has 1 saturated heterocycles. The molecule has 120 valence electrons. The van der Waals surface area contributed by atoms with Crippen LogP contribution in [-0.2, 0) is 11.3 Å². The Morgan fingerprint density at radius 2 is 2.33 bits per heavy atom. The Bertz CT molecular complexity index is 449. The van der Waals surface area contributed by atoms with Gasteiger partial charge in [-0.2, -0.15) is 5.10 Å². The summed E-state index contributed by atoms with van der Waals surface area (Å²) in [6.07, 6.45) is 4.16. The Hall–Kier alpha value is -0.620. The van der Waals surface area contributed by atoms with Gasteiger partial charge in [0.2, 0.25) is 0 Å². The summed E-state index contributed by atoms with van der Waals surface area (Å²) in [6, 6.07) is 0.189. The first-order valence-electron chi connectivity index (χ1n) is 7.73. The number of ether oxygens (including phenoxy) is 1. The Kier molecular flexibility index (Phi) is 6.05. The smallest absolute Gasteiger partial charge is 0.0834 e. The summed E-state index contributed by atoms with van der Waals surface area (Å²) in [4.78, 5) is 2.15. The molecule has 0 bridgehead atoms. The molecule has 6 heteroatoms. The first kappa shape index (κ1) is 16.7. The van der Waals surface area contributed by atoms with E-state index in [1.54, 1.807) is 6.20 Å². The highest BCUT2D eigenvalue weighted by Gasteiger charge is 2.36. The molecular formula is C15H27ClN4O. The molecule has 21 heavy (non-hydrogen) atoms. The van der Waals surface area contributed by atoms with Gasteiger partial charge in [0.05, 0.1) is 35.6 Å². The summed E-state index contributed by atoms with van der Waals surface area (Å²) in [5, 5.41) is 8.64. The van der Waals surface area contributed by atoms with Crippen LogP contribution < -0.4 is 5.32 Å². The number of likely N-dealkylation sites (N-methyl/N-ethyl adjacent to an activating group) is 1. The third-order valence-electron chi connectivity index (χ3n) is 4.29. The molecule has 3 unspecified atom stereocenters. The van der Waals surface area contributed by atoms with Crippen molar-refractivity contribution in [2.75, 3.05) is 34.3 Å². The zero-order valence-electron chi connectivity index (χ0n) is 13.5. The summed E-state index contributed by atoms with van der Waals surface area (Å²) in [7, 11) is 6.13. The number of hydrogen-bond acceptors (Lipinski definition) is 4. The van der Waals surface area contributed by atoms with Crippen molar-refractivity contribution in [3.8, 4) is 0 Å². The summed E-state index contributed by atoms with van der Waals surface area (Å²) in [5.74, 6) is 0.451. The van der Waals surface area contributed by atoms with Crippen LogP contribution in [0.4, 0.5) is 0 Å². The lowest BCUT2D eigenvalue weighted by atomic mass is 9.89. The third kappa shape index (κ3) is 3.77. The van der Waals surface area contributed by atoms with Crippen molar-refractivity contribution in [2.24, 2.45) is 5.92 Å². The van der Waals surface area contributed by atoms with E-state index in [-0.39, 0.29) is 6.04 Å². The summed E-state index contributed by atoms with van der Waals surface area (Å²) < 4.78 is 7.89. The van der Waals surface area contributed by atoms with Crippen LogP contribution in [0.25, 0.3) is 0 Å². The number of aromatic nitrogens is 2. The normalized spacial score (nSPS) is 23.9. The molecule has 0 saturated carbocycles. The topological polar surface area (TPSA) is 42.3 Å². The number of nitrogens with one attached hydrogen (secondary N) is 1. The highest BCUT2D eigenvalue weighted by atomic mass is 35.5. The van der Waals surface area contributed by atoms with E-state index in [0.29, 0.717) is 12.0 Å². The van der Waals surface area contributed by atoms with Gasteiger partial charge in [-0.1, -0.05) is 18.5 Å². The van der Waals surface area contributed by atoms with Crippen LogP contribution in [0.5, 0.6) is 0 Å². The first-order chi connectivity index (χ1) is 10.1. The van der Waals surface area contributed by atoms with Gasteiger partial charge in [0.1, 0.15) is 0 Å².